The number of aryl methyl sites for hydroxylation is 2. The number of nitrogens with one attached hydrogen (secondary N) is 1. The van der Waals surface area contributed by atoms with Crippen LogP contribution in [0.5, 0.6) is 0 Å². The van der Waals surface area contributed by atoms with E-state index in [2.05, 4.69) is 35.9 Å². The molecule has 1 heterocycles. The van der Waals surface area contributed by atoms with Gasteiger partial charge in [0.05, 0.1) is 16.9 Å². The number of nitrogen functional groups attached to an aromatic ring is 1. The number of hydrogen-bond donors (Lipinski definition) is 3. The van der Waals surface area contributed by atoms with Crippen molar-refractivity contribution in [2.24, 2.45) is 0 Å². The van der Waals surface area contributed by atoms with E-state index in [-0.39, 0.29) is 5.56 Å². The third kappa shape index (κ3) is 2.96. The van der Waals surface area contributed by atoms with Gasteiger partial charge in [-0.1, -0.05) is 12.1 Å². The fourth-order valence-electron chi connectivity index (χ4n) is 3.16. The number of hydrogen-bond acceptors (Lipinski definition) is 3. The van der Waals surface area contributed by atoms with E-state index < -0.39 is 5.97 Å². The molecule has 0 atom stereocenters. The summed E-state index contributed by atoms with van der Waals surface area (Å²) in [5, 5.41) is 12.3. The summed E-state index contributed by atoms with van der Waals surface area (Å²) >= 11 is 0. The highest BCUT2D eigenvalue weighted by Gasteiger charge is 2.15. The van der Waals surface area contributed by atoms with Crippen molar-refractivity contribution >= 4 is 17.3 Å². The number of anilines is 2. The van der Waals surface area contributed by atoms with Gasteiger partial charge in [0, 0.05) is 24.1 Å². The maximum Gasteiger partial charge on any atom is 0.337 e. The normalized spacial score (nSPS) is 10.7. The molecular weight excluding hydrogens is 314 g/mol. The van der Waals surface area contributed by atoms with Crippen LogP contribution in [0.1, 0.15) is 21.7 Å². The molecule has 0 saturated carbocycles. The highest BCUT2D eigenvalue weighted by Crippen LogP contribution is 2.31. The number of carbonyl (C=O) groups is 1. The van der Waals surface area contributed by atoms with Gasteiger partial charge in [-0.15, -0.1) is 0 Å². The monoisotopic (exact) mass is 335 g/mol. The summed E-state index contributed by atoms with van der Waals surface area (Å²) in [6.07, 6.45) is 0. The van der Waals surface area contributed by atoms with Crippen LogP contribution in [0.4, 0.5) is 11.4 Å². The van der Waals surface area contributed by atoms with Gasteiger partial charge in [-0.25, -0.2) is 4.79 Å². The highest BCUT2D eigenvalue weighted by molar-refractivity contribution is 5.99. The third-order valence-electron chi connectivity index (χ3n) is 4.38. The molecule has 2 aromatic carbocycles. The molecule has 0 spiro atoms. The second-order valence-electron chi connectivity index (χ2n) is 6.04. The molecule has 25 heavy (non-hydrogen) atoms. The largest absolute Gasteiger partial charge is 0.478 e. The number of carboxylic acid groups (broad SMARTS) is 1. The smallest absolute Gasteiger partial charge is 0.337 e. The summed E-state index contributed by atoms with van der Waals surface area (Å²) in [6, 6.07) is 15.6. The summed E-state index contributed by atoms with van der Waals surface area (Å²) < 4.78 is 2.17. The van der Waals surface area contributed by atoms with Crippen LogP contribution < -0.4 is 11.1 Å². The Morgan fingerprint density at radius 1 is 1.00 bits per heavy atom. The Morgan fingerprint density at radius 3 is 2.12 bits per heavy atom. The van der Waals surface area contributed by atoms with Crippen molar-refractivity contribution in [3.63, 3.8) is 0 Å². The van der Waals surface area contributed by atoms with Crippen LogP contribution in [0.25, 0.3) is 16.8 Å². The van der Waals surface area contributed by atoms with E-state index in [1.165, 1.54) is 11.4 Å². The number of benzene rings is 2. The first-order valence-electron chi connectivity index (χ1n) is 8.02. The van der Waals surface area contributed by atoms with Crippen molar-refractivity contribution in [3.05, 3.63) is 65.5 Å². The second kappa shape index (κ2) is 6.36. The molecule has 3 rings (SSSR count). The maximum atomic E-state index is 11.5. The molecule has 0 amide bonds. The van der Waals surface area contributed by atoms with Gasteiger partial charge in [0.2, 0.25) is 0 Å². The van der Waals surface area contributed by atoms with Gasteiger partial charge in [-0.2, -0.15) is 0 Å². The lowest BCUT2D eigenvalue weighted by molar-refractivity contribution is 0.0698. The van der Waals surface area contributed by atoms with Gasteiger partial charge in [-0.05, 0) is 61.4 Å². The van der Waals surface area contributed by atoms with Gasteiger partial charge in [0.1, 0.15) is 0 Å². The zero-order valence-corrected chi connectivity index (χ0v) is 14.5. The van der Waals surface area contributed by atoms with Crippen LogP contribution in [0, 0.1) is 13.8 Å². The van der Waals surface area contributed by atoms with Gasteiger partial charge in [-0.3, -0.25) is 0 Å². The van der Waals surface area contributed by atoms with Gasteiger partial charge < -0.3 is 20.7 Å². The van der Waals surface area contributed by atoms with E-state index in [0.29, 0.717) is 11.4 Å². The molecule has 3 aromatic rings. The molecule has 0 fully saturated rings. The standard InChI is InChI=1S/C20H21N3O2/c1-12-4-5-13(2)23(12)16-8-6-14(7-9-16)15-10-17(20(24)25)19(22-3)18(21)11-15/h4-11,22H,21H2,1-3H3,(H,24,25). The predicted molar refractivity (Wildman–Crippen MR) is 102 cm³/mol. The van der Waals surface area contributed by atoms with Crippen LogP contribution in [-0.2, 0) is 0 Å². The summed E-state index contributed by atoms with van der Waals surface area (Å²) in [7, 11) is 1.66. The van der Waals surface area contributed by atoms with Crippen molar-refractivity contribution in [3.8, 4) is 16.8 Å². The van der Waals surface area contributed by atoms with Crippen LogP contribution >= 0.6 is 0 Å². The van der Waals surface area contributed by atoms with E-state index >= 15 is 0 Å². The Kier molecular flexibility index (Phi) is 4.23. The summed E-state index contributed by atoms with van der Waals surface area (Å²) in [4.78, 5) is 11.5. The molecule has 0 unspecified atom stereocenters. The number of aromatic carboxylic acids is 1. The zero-order chi connectivity index (χ0) is 18.1. The van der Waals surface area contributed by atoms with Crippen molar-refractivity contribution in [1.29, 1.82) is 0 Å². The first-order valence-corrected chi connectivity index (χ1v) is 8.02. The molecule has 0 radical (unpaired) electrons. The second-order valence-corrected chi connectivity index (χ2v) is 6.04. The van der Waals surface area contributed by atoms with E-state index in [9.17, 15) is 9.90 Å². The average molecular weight is 335 g/mol. The fourth-order valence-corrected chi connectivity index (χ4v) is 3.16. The maximum absolute atomic E-state index is 11.5. The lowest BCUT2D eigenvalue weighted by Gasteiger charge is -2.13. The summed E-state index contributed by atoms with van der Waals surface area (Å²) in [5.41, 5.74) is 12.1. The summed E-state index contributed by atoms with van der Waals surface area (Å²) in [6.45, 7) is 4.13. The van der Waals surface area contributed by atoms with Gasteiger partial charge in [0.15, 0.2) is 0 Å². The van der Waals surface area contributed by atoms with E-state index in [1.807, 2.05) is 24.3 Å². The number of rotatable bonds is 4. The Balaban J connectivity index is 2.05. The minimum Gasteiger partial charge on any atom is -0.478 e. The first-order chi connectivity index (χ1) is 11.9. The molecule has 0 bridgehead atoms. The number of nitrogens with two attached hydrogens (primary N) is 1. The molecule has 0 saturated heterocycles. The Morgan fingerprint density at radius 2 is 1.60 bits per heavy atom. The molecular formula is C20H21N3O2. The van der Waals surface area contributed by atoms with E-state index in [4.69, 9.17) is 5.73 Å². The quantitative estimate of drug-likeness (QED) is 0.628. The number of carboxylic acids is 1. The number of aromatic nitrogens is 1. The Bertz CT molecular complexity index is 921. The van der Waals surface area contributed by atoms with Crippen molar-refractivity contribution in [2.45, 2.75) is 13.8 Å². The van der Waals surface area contributed by atoms with E-state index in [0.717, 1.165) is 16.8 Å². The molecule has 128 valence electrons. The Hall–Kier alpha value is -3.21. The van der Waals surface area contributed by atoms with Crippen LogP contribution in [-0.4, -0.2) is 22.7 Å². The molecule has 5 heteroatoms. The van der Waals surface area contributed by atoms with Crippen LogP contribution in [0.15, 0.2) is 48.5 Å². The lowest BCUT2D eigenvalue weighted by atomic mass is 10.00. The average Bonchev–Trinajstić information content (AvgIpc) is 2.93. The SMILES string of the molecule is CNc1c(N)cc(-c2ccc(-n3c(C)ccc3C)cc2)cc1C(=O)O. The zero-order valence-electron chi connectivity index (χ0n) is 14.5. The topological polar surface area (TPSA) is 80.3 Å². The first kappa shape index (κ1) is 16.6. The molecule has 0 aliphatic rings. The highest BCUT2D eigenvalue weighted by atomic mass is 16.4. The Labute approximate surface area is 146 Å². The van der Waals surface area contributed by atoms with E-state index in [1.54, 1.807) is 19.2 Å². The number of nitrogens with zero attached hydrogens (tertiary/aromatic N) is 1. The lowest BCUT2D eigenvalue weighted by Crippen LogP contribution is -2.06. The summed E-state index contributed by atoms with van der Waals surface area (Å²) in [5.74, 6) is -1.01. The molecule has 1 aromatic heterocycles. The van der Waals surface area contributed by atoms with Gasteiger partial charge >= 0.3 is 5.97 Å². The predicted octanol–water partition coefficient (Wildman–Crippen LogP) is 4.08. The van der Waals surface area contributed by atoms with Crippen molar-refractivity contribution in [1.82, 2.24) is 4.57 Å². The third-order valence-corrected chi connectivity index (χ3v) is 4.38. The van der Waals surface area contributed by atoms with Crippen LogP contribution in [0.2, 0.25) is 0 Å². The van der Waals surface area contributed by atoms with Crippen molar-refractivity contribution < 1.29 is 9.90 Å². The molecule has 0 aliphatic heterocycles. The van der Waals surface area contributed by atoms with Crippen LogP contribution in [0.3, 0.4) is 0 Å². The fraction of sp³-hybridized carbons (Fsp3) is 0.150. The molecule has 5 nitrogen and oxygen atoms in total. The van der Waals surface area contributed by atoms with Crippen molar-refractivity contribution in [2.75, 3.05) is 18.1 Å². The minimum atomic E-state index is -1.01. The minimum absolute atomic E-state index is 0.165. The molecule has 4 N–H and O–H groups in total. The van der Waals surface area contributed by atoms with Gasteiger partial charge in [0.25, 0.3) is 0 Å². The molecule has 0 aliphatic carbocycles.